The number of methoxy groups -OCH3 is 1. The molecule has 0 aliphatic rings. The predicted molar refractivity (Wildman–Crippen MR) is 81.2 cm³/mol. The molecular formula is C12H24N6O2S. The van der Waals surface area contributed by atoms with Crippen LogP contribution in [0.25, 0.3) is 0 Å². The molecule has 0 fully saturated rings. The zero-order valence-electron chi connectivity index (χ0n) is 12.7. The van der Waals surface area contributed by atoms with Gasteiger partial charge in [-0.25, -0.2) is 4.68 Å². The lowest BCUT2D eigenvalue weighted by molar-refractivity contribution is -0.118. The molecule has 0 radical (unpaired) electrons. The molecule has 8 nitrogen and oxygen atoms in total. The molecule has 0 bridgehead atoms. The van der Waals surface area contributed by atoms with Crippen molar-refractivity contribution >= 4 is 17.7 Å². The lowest BCUT2D eigenvalue weighted by Crippen LogP contribution is -2.27. The maximum atomic E-state index is 11.6. The van der Waals surface area contributed by atoms with E-state index in [4.69, 9.17) is 4.74 Å². The van der Waals surface area contributed by atoms with Crippen LogP contribution in [0.1, 0.15) is 19.8 Å². The van der Waals surface area contributed by atoms with Gasteiger partial charge < -0.3 is 15.4 Å². The minimum absolute atomic E-state index is 0.0187. The van der Waals surface area contributed by atoms with Gasteiger partial charge >= 0.3 is 0 Å². The zero-order chi connectivity index (χ0) is 15.3. The second-order valence-corrected chi connectivity index (χ2v) is 5.36. The summed E-state index contributed by atoms with van der Waals surface area (Å²) in [6, 6.07) is 0. The summed E-state index contributed by atoms with van der Waals surface area (Å²) in [5.74, 6) is 0.296. The minimum atomic E-state index is -0.0187. The molecule has 0 saturated heterocycles. The van der Waals surface area contributed by atoms with Crippen LogP contribution >= 0.6 is 11.8 Å². The van der Waals surface area contributed by atoms with Crippen LogP contribution in [0.15, 0.2) is 5.16 Å². The van der Waals surface area contributed by atoms with Crippen LogP contribution < -0.4 is 10.6 Å². The van der Waals surface area contributed by atoms with Crippen molar-refractivity contribution in [3.8, 4) is 0 Å². The molecule has 21 heavy (non-hydrogen) atoms. The van der Waals surface area contributed by atoms with Crippen LogP contribution in [-0.2, 0) is 16.1 Å². The highest BCUT2D eigenvalue weighted by atomic mass is 32.2. The fraction of sp³-hybridized carbons (Fsp3) is 0.833. The molecule has 0 atom stereocenters. The summed E-state index contributed by atoms with van der Waals surface area (Å²) in [6.07, 6.45) is 1.91. The van der Waals surface area contributed by atoms with Crippen LogP contribution in [0, 0.1) is 0 Å². The predicted octanol–water partition coefficient (Wildman–Crippen LogP) is -0.0825. The quantitative estimate of drug-likeness (QED) is 0.411. The molecule has 0 saturated carbocycles. The van der Waals surface area contributed by atoms with Crippen molar-refractivity contribution in [1.82, 2.24) is 30.8 Å². The topological polar surface area (TPSA) is 94.0 Å². The molecule has 9 heteroatoms. The summed E-state index contributed by atoms with van der Waals surface area (Å²) in [6.45, 7) is 5.89. The van der Waals surface area contributed by atoms with E-state index in [0.29, 0.717) is 30.6 Å². The maximum Gasteiger partial charge on any atom is 0.230 e. The van der Waals surface area contributed by atoms with Crippen LogP contribution in [0.4, 0.5) is 0 Å². The van der Waals surface area contributed by atoms with Crippen molar-refractivity contribution in [2.75, 3.05) is 39.1 Å². The third-order valence-electron chi connectivity index (χ3n) is 2.61. The second-order valence-electron chi connectivity index (χ2n) is 4.42. The molecule has 1 rings (SSSR count). The fourth-order valence-corrected chi connectivity index (χ4v) is 2.29. The highest BCUT2D eigenvalue weighted by Crippen LogP contribution is 2.12. The average molecular weight is 316 g/mol. The van der Waals surface area contributed by atoms with E-state index in [1.807, 2.05) is 0 Å². The van der Waals surface area contributed by atoms with E-state index in [1.165, 1.54) is 11.8 Å². The van der Waals surface area contributed by atoms with Crippen LogP contribution in [0.2, 0.25) is 0 Å². The van der Waals surface area contributed by atoms with Crippen molar-refractivity contribution < 1.29 is 9.53 Å². The number of carbonyl (C=O) groups excluding carboxylic acids is 1. The van der Waals surface area contributed by atoms with Crippen molar-refractivity contribution in [2.24, 2.45) is 0 Å². The Morgan fingerprint density at radius 3 is 3.00 bits per heavy atom. The lowest BCUT2D eigenvalue weighted by Gasteiger charge is -2.06. The molecule has 0 aliphatic carbocycles. The van der Waals surface area contributed by atoms with E-state index in [9.17, 15) is 4.79 Å². The van der Waals surface area contributed by atoms with Crippen molar-refractivity contribution in [1.29, 1.82) is 0 Å². The first kappa shape index (κ1) is 17.9. The molecule has 0 aromatic carbocycles. The summed E-state index contributed by atoms with van der Waals surface area (Å²) < 4.78 is 6.63. The average Bonchev–Trinajstić information content (AvgIpc) is 2.93. The summed E-state index contributed by atoms with van der Waals surface area (Å²) >= 11 is 1.35. The summed E-state index contributed by atoms with van der Waals surface area (Å²) in [5, 5.41) is 18.3. The Bertz CT molecular complexity index is 401. The van der Waals surface area contributed by atoms with Gasteiger partial charge in [-0.05, 0) is 29.8 Å². The van der Waals surface area contributed by atoms with Crippen molar-refractivity contribution in [2.45, 2.75) is 31.5 Å². The Labute approximate surface area is 129 Å². The van der Waals surface area contributed by atoms with Crippen molar-refractivity contribution in [3.05, 3.63) is 0 Å². The standard InChI is InChI=1S/C12H24N6O2S/c1-3-5-13-7-8-18-12(15-16-17-18)21-10-11(19)14-6-4-9-20-2/h13H,3-10H2,1-2H3,(H,14,19). The molecular weight excluding hydrogens is 292 g/mol. The number of ether oxygens (including phenoxy) is 1. The zero-order valence-corrected chi connectivity index (χ0v) is 13.5. The number of hydrogen-bond donors (Lipinski definition) is 2. The van der Waals surface area contributed by atoms with E-state index < -0.39 is 0 Å². The van der Waals surface area contributed by atoms with E-state index in [0.717, 1.165) is 25.9 Å². The van der Waals surface area contributed by atoms with Gasteiger partial charge in [-0.3, -0.25) is 4.79 Å². The molecule has 120 valence electrons. The summed E-state index contributed by atoms with van der Waals surface area (Å²) in [5.41, 5.74) is 0. The first-order chi connectivity index (χ1) is 10.3. The molecule has 2 N–H and O–H groups in total. The van der Waals surface area contributed by atoms with Crippen LogP contribution in [-0.4, -0.2) is 65.2 Å². The first-order valence-corrected chi connectivity index (χ1v) is 8.11. The molecule has 0 spiro atoms. The van der Waals surface area contributed by atoms with Gasteiger partial charge in [0.15, 0.2) is 0 Å². The Hall–Kier alpha value is -1.19. The number of rotatable bonds is 12. The molecule has 1 amide bonds. The number of amides is 1. The molecule has 1 heterocycles. The minimum Gasteiger partial charge on any atom is -0.385 e. The summed E-state index contributed by atoms with van der Waals surface area (Å²) in [4.78, 5) is 11.6. The third-order valence-corrected chi connectivity index (χ3v) is 3.56. The third kappa shape index (κ3) is 7.98. The smallest absolute Gasteiger partial charge is 0.230 e. The Morgan fingerprint density at radius 2 is 2.24 bits per heavy atom. The first-order valence-electron chi connectivity index (χ1n) is 7.13. The number of aromatic nitrogens is 4. The van der Waals surface area contributed by atoms with Gasteiger partial charge in [0.2, 0.25) is 11.1 Å². The highest BCUT2D eigenvalue weighted by Gasteiger charge is 2.09. The van der Waals surface area contributed by atoms with Crippen molar-refractivity contribution in [3.63, 3.8) is 0 Å². The lowest BCUT2D eigenvalue weighted by atomic mass is 10.4. The van der Waals surface area contributed by atoms with Crippen LogP contribution in [0.5, 0.6) is 0 Å². The number of nitrogens with one attached hydrogen (secondary N) is 2. The van der Waals surface area contributed by atoms with Gasteiger partial charge in [0.25, 0.3) is 0 Å². The molecule has 1 aromatic rings. The van der Waals surface area contributed by atoms with Gasteiger partial charge in [-0.15, -0.1) is 5.10 Å². The fourth-order valence-electron chi connectivity index (χ4n) is 1.55. The van der Waals surface area contributed by atoms with Gasteiger partial charge in [0.05, 0.1) is 12.3 Å². The van der Waals surface area contributed by atoms with Gasteiger partial charge in [0, 0.05) is 26.8 Å². The number of thioether (sulfide) groups is 1. The largest absolute Gasteiger partial charge is 0.385 e. The molecule has 0 aliphatic heterocycles. The van der Waals surface area contributed by atoms with E-state index in [-0.39, 0.29) is 5.91 Å². The highest BCUT2D eigenvalue weighted by molar-refractivity contribution is 7.99. The van der Waals surface area contributed by atoms with Gasteiger partial charge in [-0.2, -0.15) is 0 Å². The Morgan fingerprint density at radius 1 is 1.38 bits per heavy atom. The maximum absolute atomic E-state index is 11.6. The Balaban J connectivity index is 2.22. The second kappa shape index (κ2) is 11.5. The van der Waals surface area contributed by atoms with Gasteiger partial charge in [0.1, 0.15) is 0 Å². The molecule has 0 unspecified atom stereocenters. The normalized spacial score (nSPS) is 10.8. The van der Waals surface area contributed by atoms with E-state index in [2.05, 4.69) is 33.1 Å². The SMILES string of the molecule is CCCNCCn1nnnc1SCC(=O)NCCCOC. The summed E-state index contributed by atoms with van der Waals surface area (Å²) in [7, 11) is 1.65. The molecule has 1 aromatic heterocycles. The number of nitrogens with zero attached hydrogens (tertiary/aromatic N) is 4. The van der Waals surface area contributed by atoms with Crippen LogP contribution in [0.3, 0.4) is 0 Å². The van der Waals surface area contributed by atoms with Gasteiger partial charge in [-0.1, -0.05) is 18.7 Å². The van der Waals surface area contributed by atoms with E-state index >= 15 is 0 Å². The number of carbonyl (C=O) groups is 1. The number of tetrazole rings is 1. The monoisotopic (exact) mass is 316 g/mol. The Kier molecular flexibility index (Phi) is 9.75. The number of hydrogen-bond acceptors (Lipinski definition) is 7. The van der Waals surface area contributed by atoms with E-state index in [1.54, 1.807) is 11.8 Å².